The van der Waals surface area contributed by atoms with Gasteiger partial charge in [-0.2, -0.15) is 0 Å². The van der Waals surface area contributed by atoms with Crippen LogP contribution in [0, 0.1) is 5.92 Å². The summed E-state index contributed by atoms with van der Waals surface area (Å²) in [5.74, 6) is -0.483. The van der Waals surface area contributed by atoms with Crippen LogP contribution in [-0.2, 0) is 25.6 Å². The van der Waals surface area contributed by atoms with Crippen LogP contribution in [0.15, 0.2) is 48.5 Å². The Hall–Kier alpha value is -3.02. The predicted molar refractivity (Wildman–Crippen MR) is 140 cm³/mol. The van der Waals surface area contributed by atoms with E-state index in [9.17, 15) is 19.8 Å². The van der Waals surface area contributed by atoms with E-state index >= 15 is 0 Å². The smallest absolute Gasteiger partial charge is 0.325 e. The van der Waals surface area contributed by atoms with Gasteiger partial charge in [-0.3, -0.25) is 9.69 Å². The zero-order chi connectivity index (χ0) is 27.1. The van der Waals surface area contributed by atoms with Crippen LogP contribution in [0.2, 0.25) is 0 Å². The summed E-state index contributed by atoms with van der Waals surface area (Å²) in [7, 11) is 0. The Morgan fingerprint density at radius 1 is 1.13 bits per heavy atom. The van der Waals surface area contributed by atoms with Crippen LogP contribution >= 0.6 is 0 Å². The summed E-state index contributed by atoms with van der Waals surface area (Å²) in [6, 6.07) is 14.4. The molecule has 10 heteroatoms. The summed E-state index contributed by atoms with van der Waals surface area (Å²) >= 11 is 0. The van der Waals surface area contributed by atoms with Gasteiger partial charge < -0.3 is 35.1 Å². The third-order valence-corrected chi connectivity index (χ3v) is 6.92. The number of anilines is 1. The van der Waals surface area contributed by atoms with Crippen molar-refractivity contribution < 1.29 is 34.0 Å². The van der Waals surface area contributed by atoms with Gasteiger partial charge in [-0.15, -0.1) is 0 Å². The number of nitrogens with zero attached hydrogens (tertiary/aromatic N) is 1. The Morgan fingerprint density at radius 3 is 2.61 bits per heavy atom. The maximum absolute atomic E-state index is 12.3. The Labute approximate surface area is 222 Å². The first-order valence-electron chi connectivity index (χ1n) is 13.1. The van der Waals surface area contributed by atoms with Gasteiger partial charge in [0, 0.05) is 36.8 Å². The quantitative estimate of drug-likeness (QED) is 0.367. The molecule has 2 aliphatic heterocycles. The molecule has 4 rings (SSSR count). The first kappa shape index (κ1) is 28.0. The first-order chi connectivity index (χ1) is 18.4. The van der Waals surface area contributed by atoms with Gasteiger partial charge >= 0.3 is 12.0 Å². The van der Waals surface area contributed by atoms with E-state index in [1.165, 1.54) is 0 Å². The van der Waals surface area contributed by atoms with E-state index in [0.29, 0.717) is 18.8 Å². The third-order valence-electron chi connectivity index (χ3n) is 6.92. The lowest BCUT2D eigenvalue weighted by Gasteiger charge is -2.42. The molecule has 4 N–H and O–H groups in total. The molecule has 10 nitrogen and oxygen atoms in total. The molecule has 2 saturated heterocycles. The van der Waals surface area contributed by atoms with Gasteiger partial charge in [-0.1, -0.05) is 43.3 Å². The lowest BCUT2D eigenvalue weighted by molar-refractivity contribution is -0.276. The number of rotatable bonds is 9. The van der Waals surface area contributed by atoms with Crippen molar-refractivity contribution >= 4 is 17.7 Å². The number of benzene rings is 2. The summed E-state index contributed by atoms with van der Waals surface area (Å²) in [5.41, 5.74) is 3.08. The molecule has 0 bridgehead atoms. The molecule has 0 saturated carbocycles. The van der Waals surface area contributed by atoms with Crippen molar-refractivity contribution in [3.05, 3.63) is 65.2 Å². The number of esters is 1. The minimum atomic E-state index is -0.685. The average molecular weight is 528 g/mol. The average Bonchev–Trinajstić information content (AvgIpc) is 3.33. The highest BCUT2D eigenvalue weighted by molar-refractivity contribution is 5.91. The molecule has 0 spiro atoms. The van der Waals surface area contributed by atoms with Crippen molar-refractivity contribution in [3.8, 4) is 0 Å². The molecule has 2 aromatic carbocycles. The number of carbonyl (C=O) groups is 2. The maximum atomic E-state index is 12.3. The number of urea groups is 1. The minimum absolute atomic E-state index is 0.0268. The number of amides is 2. The summed E-state index contributed by atoms with van der Waals surface area (Å²) in [6.07, 6.45) is -0.676. The highest BCUT2D eigenvalue weighted by Gasteiger charge is 2.40. The van der Waals surface area contributed by atoms with Crippen LogP contribution in [-0.4, -0.2) is 72.1 Å². The van der Waals surface area contributed by atoms with E-state index in [0.717, 1.165) is 29.7 Å². The lowest BCUT2D eigenvalue weighted by atomic mass is 9.90. The molecular formula is C28H37N3O7. The molecule has 2 aromatic rings. The van der Waals surface area contributed by atoms with Gasteiger partial charge in [0.1, 0.15) is 6.54 Å². The molecule has 0 unspecified atom stereocenters. The fraction of sp³-hybridized carbons (Fsp3) is 0.500. The number of nitrogens with one attached hydrogen (secondary N) is 2. The number of ether oxygens (including phenoxy) is 3. The SMILES string of the molecule is CCOC(=O)CNC(=O)Nc1cccc([C@H]2O[C@@H](CN3CC[C@H](O)C3)[C@@H](C)[C@@H](c3ccc(CO)cc3)O2)c1. The highest BCUT2D eigenvalue weighted by atomic mass is 16.7. The second-order valence-electron chi connectivity index (χ2n) is 9.76. The Bertz CT molecular complexity index is 1080. The first-order valence-corrected chi connectivity index (χ1v) is 13.1. The highest BCUT2D eigenvalue weighted by Crippen LogP contribution is 2.42. The summed E-state index contributed by atoms with van der Waals surface area (Å²) in [6.45, 7) is 5.89. The zero-order valence-corrected chi connectivity index (χ0v) is 21.8. The topological polar surface area (TPSA) is 130 Å². The molecule has 2 heterocycles. The minimum Gasteiger partial charge on any atom is -0.465 e. The molecule has 2 aliphatic rings. The number of hydrogen-bond acceptors (Lipinski definition) is 8. The van der Waals surface area contributed by atoms with Crippen molar-refractivity contribution in [2.24, 2.45) is 5.92 Å². The number of likely N-dealkylation sites (tertiary alicyclic amines) is 1. The normalized spacial score (nSPS) is 25.6. The molecule has 206 valence electrons. The van der Waals surface area contributed by atoms with Crippen molar-refractivity contribution in [2.45, 2.75) is 51.5 Å². The molecule has 5 atom stereocenters. The molecule has 2 fully saturated rings. The Kier molecular flexibility index (Phi) is 9.70. The fourth-order valence-corrected chi connectivity index (χ4v) is 4.86. The predicted octanol–water partition coefficient (Wildman–Crippen LogP) is 2.72. The van der Waals surface area contributed by atoms with Crippen LogP contribution in [0.1, 0.15) is 49.4 Å². The number of hydrogen-bond donors (Lipinski definition) is 4. The second kappa shape index (κ2) is 13.2. The van der Waals surface area contributed by atoms with E-state index in [1.807, 2.05) is 30.3 Å². The van der Waals surface area contributed by atoms with E-state index < -0.39 is 18.3 Å². The van der Waals surface area contributed by atoms with Crippen LogP contribution in [0.3, 0.4) is 0 Å². The molecule has 2 amide bonds. The number of β-amino-alcohol motifs (C(OH)–C–C–N with tert-alkyl or cyclic N) is 1. The van der Waals surface area contributed by atoms with Gasteiger partial charge in [0.15, 0.2) is 6.29 Å². The van der Waals surface area contributed by atoms with Gasteiger partial charge in [0.05, 0.1) is 31.5 Å². The summed E-state index contributed by atoms with van der Waals surface area (Å²) in [4.78, 5) is 26.0. The van der Waals surface area contributed by atoms with Crippen LogP contribution in [0.25, 0.3) is 0 Å². The molecule has 0 aromatic heterocycles. The summed E-state index contributed by atoms with van der Waals surface area (Å²) in [5, 5.41) is 24.7. The van der Waals surface area contributed by atoms with Crippen molar-refractivity contribution in [1.29, 1.82) is 0 Å². The molecular weight excluding hydrogens is 490 g/mol. The Morgan fingerprint density at radius 2 is 1.92 bits per heavy atom. The number of aliphatic hydroxyl groups is 2. The second-order valence-corrected chi connectivity index (χ2v) is 9.76. The van der Waals surface area contributed by atoms with Crippen LogP contribution < -0.4 is 10.6 Å². The lowest BCUT2D eigenvalue weighted by Crippen LogP contribution is -2.44. The third kappa shape index (κ3) is 7.30. The maximum Gasteiger partial charge on any atom is 0.325 e. The largest absolute Gasteiger partial charge is 0.465 e. The Balaban J connectivity index is 1.50. The van der Waals surface area contributed by atoms with Crippen molar-refractivity contribution in [2.75, 3.05) is 38.1 Å². The van der Waals surface area contributed by atoms with E-state index in [1.54, 1.807) is 25.1 Å². The van der Waals surface area contributed by atoms with Crippen LogP contribution in [0.4, 0.5) is 10.5 Å². The van der Waals surface area contributed by atoms with Gasteiger partial charge in [0.2, 0.25) is 0 Å². The van der Waals surface area contributed by atoms with E-state index in [-0.39, 0.29) is 44.0 Å². The van der Waals surface area contributed by atoms with E-state index in [4.69, 9.17) is 14.2 Å². The molecule has 38 heavy (non-hydrogen) atoms. The standard InChI is InChI=1S/C28H37N3O7/c1-3-36-25(34)14-29-28(35)30-22-6-4-5-21(13-22)27-37-24(16-31-12-11-23(33)15-31)18(2)26(38-27)20-9-7-19(17-32)8-10-20/h4-10,13,18,23-24,26-27,32-33H,3,11-12,14-17H2,1-2H3,(H2,29,30,35)/t18-,23+,24+,26+,27+/m1/s1. The molecule has 0 radical (unpaired) electrons. The fourth-order valence-electron chi connectivity index (χ4n) is 4.86. The van der Waals surface area contributed by atoms with E-state index in [2.05, 4.69) is 22.5 Å². The zero-order valence-electron chi connectivity index (χ0n) is 21.8. The van der Waals surface area contributed by atoms with Crippen molar-refractivity contribution in [3.63, 3.8) is 0 Å². The van der Waals surface area contributed by atoms with Crippen molar-refractivity contribution in [1.82, 2.24) is 10.2 Å². The molecule has 0 aliphatic carbocycles. The van der Waals surface area contributed by atoms with Gasteiger partial charge in [0.25, 0.3) is 0 Å². The summed E-state index contributed by atoms with van der Waals surface area (Å²) < 4.78 is 17.8. The number of carbonyl (C=O) groups excluding carboxylic acids is 2. The van der Waals surface area contributed by atoms with Gasteiger partial charge in [-0.25, -0.2) is 4.79 Å². The van der Waals surface area contributed by atoms with Crippen LogP contribution in [0.5, 0.6) is 0 Å². The monoisotopic (exact) mass is 527 g/mol. The number of aliphatic hydroxyl groups excluding tert-OH is 2. The van der Waals surface area contributed by atoms with Gasteiger partial charge in [-0.05, 0) is 36.6 Å².